The van der Waals surface area contributed by atoms with Crippen molar-refractivity contribution >= 4 is 45.1 Å². The second-order valence-electron chi connectivity index (χ2n) is 4.83. The number of hydrogen-bond acceptors (Lipinski definition) is 4. The number of nitrogens with two attached hydrogens (primary N) is 1. The van der Waals surface area contributed by atoms with E-state index >= 15 is 0 Å². The maximum Gasteiger partial charge on any atom is 0.305 e. The van der Waals surface area contributed by atoms with E-state index in [4.69, 9.17) is 22.4 Å². The molecule has 0 spiro atoms. The molecule has 1 aliphatic heterocycles. The Morgan fingerprint density at radius 1 is 1.39 bits per heavy atom. The number of carbonyl (C=O) groups is 2. The van der Waals surface area contributed by atoms with Gasteiger partial charge in [0.05, 0.1) is 12.1 Å². The molecule has 0 aliphatic carbocycles. The zero-order chi connectivity index (χ0) is 16.6. The van der Waals surface area contributed by atoms with Gasteiger partial charge in [0.1, 0.15) is 0 Å². The number of benzene rings is 1. The lowest BCUT2D eigenvalue weighted by molar-refractivity contribution is -0.137. The van der Waals surface area contributed by atoms with E-state index in [2.05, 4.69) is 9.98 Å². The highest BCUT2D eigenvalue weighted by Gasteiger charge is 2.32. The SMILES string of the molecule is NC(=O)C1=Nc2ccc(Cl)cc2[SH]1c1nccn1CCC(=O)O. The van der Waals surface area contributed by atoms with Crippen molar-refractivity contribution in [3.05, 3.63) is 35.6 Å². The summed E-state index contributed by atoms with van der Waals surface area (Å²) >= 11 is 6.06. The van der Waals surface area contributed by atoms with Crippen LogP contribution < -0.4 is 5.73 Å². The van der Waals surface area contributed by atoms with Gasteiger partial charge in [0.15, 0.2) is 10.2 Å². The second kappa shape index (κ2) is 6.05. The number of aliphatic imine (C=N–C) groups is 1. The fraction of sp³-hybridized carbons (Fsp3) is 0.143. The van der Waals surface area contributed by atoms with E-state index in [1.807, 2.05) is 0 Å². The topological polar surface area (TPSA) is 111 Å². The number of hydrogen-bond donors (Lipinski definition) is 3. The quantitative estimate of drug-likeness (QED) is 0.714. The zero-order valence-electron chi connectivity index (χ0n) is 11.8. The highest BCUT2D eigenvalue weighted by atomic mass is 35.5. The van der Waals surface area contributed by atoms with Crippen LogP contribution in [0.3, 0.4) is 0 Å². The number of amides is 1. The molecule has 9 heteroatoms. The molecule has 2 heterocycles. The fourth-order valence-corrected chi connectivity index (χ4v) is 4.85. The number of carboxylic acid groups (broad SMARTS) is 1. The average molecular weight is 353 g/mol. The van der Waals surface area contributed by atoms with Crippen LogP contribution in [0.25, 0.3) is 0 Å². The summed E-state index contributed by atoms with van der Waals surface area (Å²) < 4.78 is 1.72. The van der Waals surface area contributed by atoms with E-state index in [-0.39, 0.29) is 18.0 Å². The summed E-state index contributed by atoms with van der Waals surface area (Å²) in [7, 11) is -1.34. The normalized spacial score (nSPS) is 17.6. The molecular weight excluding hydrogens is 340 g/mol. The van der Waals surface area contributed by atoms with E-state index in [1.165, 1.54) is 0 Å². The summed E-state index contributed by atoms with van der Waals surface area (Å²) in [5.74, 6) is -1.52. The summed E-state index contributed by atoms with van der Waals surface area (Å²) in [5, 5.41) is 10.2. The second-order valence-corrected chi connectivity index (χ2v) is 7.25. The lowest BCUT2D eigenvalue weighted by atomic mass is 10.3. The molecule has 1 aromatic heterocycles. The van der Waals surface area contributed by atoms with Crippen LogP contribution in [0.5, 0.6) is 0 Å². The average Bonchev–Trinajstić information content (AvgIpc) is 3.07. The molecule has 0 saturated carbocycles. The predicted octanol–water partition coefficient (Wildman–Crippen LogP) is 1.96. The third-order valence-electron chi connectivity index (χ3n) is 3.30. The number of primary amides is 1. The summed E-state index contributed by atoms with van der Waals surface area (Å²) in [5.41, 5.74) is 6.11. The smallest absolute Gasteiger partial charge is 0.305 e. The molecule has 1 atom stereocenters. The number of carbonyl (C=O) groups excluding carboxylic acids is 1. The van der Waals surface area contributed by atoms with Crippen molar-refractivity contribution in [1.82, 2.24) is 9.55 Å². The number of aliphatic carboxylic acids is 1. The summed E-state index contributed by atoms with van der Waals surface area (Å²) in [6.45, 7) is 0.255. The minimum absolute atomic E-state index is 0.0437. The Balaban J connectivity index is 2.06. The van der Waals surface area contributed by atoms with Crippen LogP contribution in [0.2, 0.25) is 5.02 Å². The van der Waals surface area contributed by atoms with Crippen LogP contribution in [0.15, 0.2) is 45.6 Å². The number of aryl methyl sites for hydroxylation is 1. The van der Waals surface area contributed by atoms with E-state index in [0.717, 1.165) is 4.90 Å². The number of thiol groups is 1. The molecule has 23 heavy (non-hydrogen) atoms. The molecule has 1 unspecified atom stereocenters. The van der Waals surface area contributed by atoms with Gasteiger partial charge in [-0.1, -0.05) is 11.6 Å². The van der Waals surface area contributed by atoms with Crippen LogP contribution >= 0.6 is 22.5 Å². The number of fused-ring (bicyclic) bond motifs is 1. The molecule has 2 aromatic rings. The standard InChI is InChI=1S/C14H13ClN4O3S/c15-8-1-2-9-10(7-8)23(13(18-9)12(16)22)14-17-4-6-19(14)5-3-11(20)21/h1-2,4,6-7,23H,3,5H2,(H2,16,22)(H,20,21). The Hall–Kier alpha value is -2.32. The van der Waals surface area contributed by atoms with Crippen molar-refractivity contribution in [3.8, 4) is 0 Å². The zero-order valence-corrected chi connectivity index (χ0v) is 13.5. The van der Waals surface area contributed by atoms with E-state index in [0.29, 0.717) is 15.9 Å². The number of halogens is 1. The number of carboxylic acids is 1. The molecular formula is C14H13ClN4O3S. The Morgan fingerprint density at radius 3 is 2.87 bits per heavy atom. The number of nitrogens with zero attached hydrogens (tertiary/aromatic N) is 3. The van der Waals surface area contributed by atoms with Gasteiger partial charge in [-0.2, -0.15) is 0 Å². The molecule has 0 fully saturated rings. The van der Waals surface area contributed by atoms with Gasteiger partial charge < -0.3 is 15.4 Å². The molecule has 120 valence electrons. The lowest BCUT2D eigenvalue weighted by Gasteiger charge is -2.18. The summed E-state index contributed by atoms with van der Waals surface area (Å²) in [6.07, 6.45) is 3.21. The molecule has 0 radical (unpaired) electrons. The number of imidazole rings is 1. The molecule has 0 bridgehead atoms. The highest BCUT2D eigenvalue weighted by Crippen LogP contribution is 2.54. The van der Waals surface area contributed by atoms with Crippen molar-refractivity contribution in [2.45, 2.75) is 23.0 Å². The Kier molecular flexibility index (Phi) is 4.10. The van der Waals surface area contributed by atoms with Crippen LogP contribution in [0, 0.1) is 0 Å². The van der Waals surface area contributed by atoms with E-state index < -0.39 is 22.8 Å². The molecule has 0 saturated heterocycles. The van der Waals surface area contributed by atoms with E-state index in [9.17, 15) is 9.59 Å². The summed E-state index contributed by atoms with van der Waals surface area (Å²) in [6, 6.07) is 5.17. The van der Waals surface area contributed by atoms with Crippen LogP contribution in [0.1, 0.15) is 6.42 Å². The van der Waals surface area contributed by atoms with Gasteiger partial charge in [-0.3, -0.25) is 9.59 Å². The van der Waals surface area contributed by atoms with Gasteiger partial charge in [-0.25, -0.2) is 9.98 Å². The third kappa shape index (κ3) is 2.95. The Labute approximate surface area is 139 Å². The van der Waals surface area contributed by atoms with Gasteiger partial charge in [-0.05, 0) is 18.2 Å². The summed E-state index contributed by atoms with van der Waals surface area (Å²) in [4.78, 5) is 32.0. The first kappa shape index (κ1) is 15.6. The van der Waals surface area contributed by atoms with Crippen molar-refractivity contribution in [2.75, 3.05) is 0 Å². The monoisotopic (exact) mass is 352 g/mol. The first-order valence-electron chi connectivity index (χ1n) is 6.68. The molecule has 1 aromatic carbocycles. The van der Waals surface area contributed by atoms with Gasteiger partial charge in [0.25, 0.3) is 5.91 Å². The fourth-order valence-electron chi connectivity index (χ4n) is 2.31. The lowest BCUT2D eigenvalue weighted by Crippen LogP contribution is -2.23. The van der Waals surface area contributed by atoms with Crippen LogP contribution in [-0.2, 0) is 16.1 Å². The van der Waals surface area contributed by atoms with Crippen molar-refractivity contribution in [2.24, 2.45) is 10.7 Å². The van der Waals surface area contributed by atoms with E-state index in [1.54, 1.807) is 35.2 Å². The van der Waals surface area contributed by atoms with Gasteiger partial charge in [0.2, 0.25) is 0 Å². The molecule has 1 aliphatic rings. The Bertz CT molecular complexity index is 833. The van der Waals surface area contributed by atoms with Crippen LogP contribution in [-0.4, -0.2) is 31.6 Å². The maximum atomic E-state index is 11.8. The largest absolute Gasteiger partial charge is 0.481 e. The van der Waals surface area contributed by atoms with Crippen molar-refractivity contribution in [1.29, 1.82) is 0 Å². The molecule has 1 amide bonds. The Morgan fingerprint density at radius 2 is 2.17 bits per heavy atom. The first-order valence-corrected chi connectivity index (χ1v) is 8.40. The predicted molar refractivity (Wildman–Crippen MR) is 87.7 cm³/mol. The minimum atomic E-state index is -1.34. The highest BCUT2D eigenvalue weighted by molar-refractivity contribution is 8.31. The molecule has 3 N–H and O–H groups in total. The van der Waals surface area contributed by atoms with Crippen molar-refractivity contribution in [3.63, 3.8) is 0 Å². The third-order valence-corrected chi connectivity index (χ3v) is 5.89. The molecule has 3 rings (SSSR count). The van der Waals surface area contributed by atoms with Crippen LogP contribution in [0.4, 0.5) is 5.69 Å². The van der Waals surface area contributed by atoms with Crippen molar-refractivity contribution < 1.29 is 14.7 Å². The molecule has 7 nitrogen and oxygen atoms in total. The van der Waals surface area contributed by atoms with Gasteiger partial charge in [0, 0.05) is 28.9 Å². The number of aromatic nitrogens is 2. The maximum absolute atomic E-state index is 11.8. The van der Waals surface area contributed by atoms with Gasteiger partial charge >= 0.3 is 5.97 Å². The number of rotatable bonds is 5. The first-order chi connectivity index (χ1) is 11.0. The minimum Gasteiger partial charge on any atom is -0.481 e. The van der Waals surface area contributed by atoms with Gasteiger partial charge in [-0.15, -0.1) is 10.9 Å².